The molecule has 1 amide bonds. The van der Waals surface area contributed by atoms with Gasteiger partial charge in [0.25, 0.3) is 0 Å². The van der Waals surface area contributed by atoms with Crippen molar-refractivity contribution in [1.29, 1.82) is 0 Å². The van der Waals surface area contributed by atoms with E-state index < -0.39 is 0 Å². The Balaban J connectivity index is 1.90. The fourth-order valence-electron chi connectivity index (χ4n) is 2.36. The van der Waals surface area contributed by atoms with Gasteiger partial charge in [0.2, 0.25) is 5.91 Å². The van der Waals surface area contributed by atoms with Crippen molar-refractivity contribution in [3.8, 4) is 0 Å². The van der Waals surface area contributed by atoms with E-state index in [0.29, 0.717) is 39.6 Å². The molecule has 6 heteroatoms. The van der Waals surface area contributed by atoms with Gasteiger partial charge >= 0.3 is 0 Å². The van der Waals surface area contributed by atoms with Crippen LogP contribution in [0.15, 0.2) is 0 Å². The lowest BCUT2D eigenvalue weighted by molar-refractivity contribution is -0.136. The second-order valence-electron chi connectivity index (χ2n) is 6.76. The Morgan fingerprint density at radius 3 is 2.04 bits per heavy atom. The van der Waals surface area contributed by atoms with Gasteiger partial charge in [0.1, 0.15) is 6.61 Å². The first kappa shape index (κ1) is 21.1. The van der Waals surface area contributed by atoms with Crippen LogP contribution in [0.4, 0.5) is 0 Å². The van der Waals surface area contributed by atoms with Gasteiger partial charge in [-0.25, -0.2) is 0 Å². The van der Waals surface area contributed by atoms with Crippen molar-refractivity contribution >= 4 is 11.7 Å². The topological polar surface area (TPSA) is 65.1 Å². The molecule has 0 N–H and O–H groups in total. The van der Waals surface area contributed by atoms with Crippen LogP contribution in [0.5, 0.6) is 0 Å². The van der Waals surface area contributed by atoms with Crippen molar-refractivity contribution in [1.82, 2.24) is 4.90 Å². The van der Waals surface area contributed by atoms with Crippen molar-refractivity contribution < 1.29 is 23.8 Å². The van der Waals surface area contributed by atoms with E-state index in [4.69, 9.17) is 14.2 Å². The summed E-state index contributed by atoms with van der Waals surface area (Å²) in [7, 11) is 1.84. The van der Waals surface area contributed by atoms with E-state index >= 15 is 0 Å². The van der Waals surface area contributed by atoms with Crippen LogP contribution in [0.3, 0.4) is 0 Å². The summed E-state index contributed by atoms with van der Waals surface area (Å²) < 4.78 is 16.1. The molecule has 140 valence electrons. The molecular weight excluding hydrogens is 310 g/mol. The Morgan fingerprint density at radius 1 is 1.00 bits per heavy atom. The number of hydrogen-bond donors (Lipinski definition) is 0. The normalized spacial score (nSPS) is 15.5. The van der Waals surface area contributed by atoms with Gasteiger partial charge in [-0.15, -0.1) is 0 Å². The Hall–Kier alpha value is -0.980. The van der Waals surface area contributed by atoms with Crippen LogP contribution in [0.2, 0.25) is 0 Å². The number of carbonyl (C=O) groups is 2. The molecule has 0 bridgehead atoms. The van der Waals surface area contributed by atoms with Crippen molar-refractivity contribution in [2.24, 2.45) is 11.3 Å². The van der Waals surface area contributed by atoms with E-state index in [0.717, 1.165) is 19.3 Å². The molecule has 24 heavy (non-hydrogen) atoms. The first-order chi connectivity index (χ1) is 11.4. The highest BCUT2D eigenvalue weighted by Gasteiger charge is 2.49. The van der Waals surface area contributed by atoms with Gasteiger partial charge in [-0.3, -0.25) is 9.59 Å². The lowest BCUT2D eigenvalue weighted by Crippen LogP contribution is -2.36. The standard InChI is InChI=1S/C18H33NO5/c1-5-18(6-7-18)17(21)19(4)8-9-22-10-11-23-12-13-24-14-16(20)15(2)3/h15H,5-14H2,1-4H3. The van der Waals surface area contributed by atoms with Crippen molar-refractivity contribution in [2.75, 3.05) is 53.2 Å². The minimum Gasteiger partial charge on any atom is -0.377 e. The van der Waals surface area contributed by atoms with E-state index in [-0.39, 0.29) is 29.6 Å². The molecule has 0 spiro atoms. The molecule has 1 rings (SSSR count). The van der Waals surface area contributed by atoms with Crippen molar-refractivity contribution in [3.63, 3.8) is 0 Å². The highest BCUT2D eigenvalue weighted by atomic mass is 16.5. The summed E-state index contributed by atoms with van der Waals surface area (Å²) in [5.74, 6) is 0.363. The lowest BCUT2D eigenvalue weighted by Gasteiger charge is -2.22. The average Bonchev–Trinajstić information content (AvgIpc) is 3.36. The van der Waals surface area contributed by atoms with Crippen molar-refractivity contribution in [3.05, 3.63) is 0 Å². The molecule has 0 atom stereocenters. The molecule has 1 aliphatic carbocycles. The average molecular weight is 343 g/mol. The largest absolute Gasteiger partial charge is 0.377 e. The summed E-state index contributed by atoms with van der Waals surface area (Å²) in [6, 6.07) is 0. The van der Waals surface area contributed by atoms with E-state index in [9.17, 15) is 9.59 Å². The van der Waals surface area contributed by atoms with Gasteiger partial charge in [0.05, 0.1) is 33.0 Å². The Morgan fingerprint density at radius 2 is 1.54 bits per heavy atom. The molecule has 1 aliphatic rings. The third kappa shape index (κ3) is 7.28. The minimum atomic E-state index is -0.0746. The number of ether oxygens (including phenoxy) is 3. The minimum absolute atomic E-state index is 0.0106. The zero-order valence-electron chi connectivity index (χ0n) is 15.6. The third-order valence-electron chi connectivity index (χ3n) is 4.53. The maximum atomic E-state index is 12.2. The van der Waals surface area contributed by atoms with Crippen LogP contribution < -0.4 is 0 Å². The van der Waals surface area contributed by atoms with Gasteiger partial charge in [-0.1, -0.05) is 20.8 Å². The van der Waals surface area contributed by atoms with E-state index in [1.54, 1.807) is 4.90 Å². The molecule has 0 unspecified atom stereocenters. The predicted octanol–water partition coefficient (Wildman–Crippen LogP) is 1.91. The molecular formula is C18H33NO5. The molecule has 0 aromatic carbocycles. The number of rotatable bonds is 14. The summed E-state index contributed by atoms with van der Waals surface area (Å²) in [5.41, 5.74) is -0.0746. The van der Waals surface area contributed by atoms with Gasteiger partial charge < -0.3 is 19.1 Å². The summed E-state index contributed by atoms with van der Waals surface area (Å²) in [5, 5.41) is 0. The number of amides is 1. The quantitative estimate of drug-likeness (QED) is 0.451. The zero-order valence-corrected chi connectivity index (χ0v) is 15.6. The summed E-state index contributed by atoms with van der Waals surface area (Å²) >= 11 is 0. The fraction of sp³-hybridized carbons (Fsp3) is 0.889. The number of carbonyl (C=O) groups excluding carboxylic acids is 2. The maximum absolute atomic E-state index is 12.2. The van der Waals surface area contributed by atoms with Gasteiger partial charge in [0.15, 0.2) is 5.78 Å². The molecule has 1 fully saturated rings. The van der Waals surface area contributed by atoms with Crippen LogP contribution >= 0.6 is 0 Å². The SMILES string of the molecule is CCC1(C(=O)N(C)CCOCCOCCOCC(=O)C(C)C)CC1. The second-order valence-corrected chi connectivity index (χ2v) is 6.76. The molecule has 1 saturated carbocycles. The molecule has 0 aliphatic heterocycles. The number of hydrogen-bond acceptors (Lipinski definition) is 5. The van der Waals surface area contributed by atoms with Gasteiger partial charge in [-0.2, -0.15) is 0 Å². The summed E-state index contributed by atoms with van der Waals surface area (Å²) in [6.45, 7) is 8.91. The summed E-state index contributed by atoms with van der Waals surface area (Å²) in [4.78, 5) is 25.3. The van der Waals surface area contributed by atoms with Gasteiger partial charge in [-0.05, 0) is 19.3 Å². The maximum Gasteiger partial charge on any atom is 0.228 e. The number of nitrogens with zero attached hydrogens (tertiary/aromatic N) is 1. The van der Waals surface area contributed by atoms with Crippen LogP contribution in [0.25, 0.3) is 0 Å². The second kappa shape index (κ2) is 10.8. The monoisotopic (exact) mass is 343 g/mol. The molecule has 0 radical (unpaired) electrons. The van der Waals surface area contributed by atoms with Gasteiger partial charge in [0, 0.05) is 24.9 Å². The predicted molar refractivity (Wildman–Crippen MR) is 91.9 cm³/mol. The van der Waals surface area contributed by atoms with Crippen LogP contribution in [-0.4, -0.2) is 69.8 Å². The Kier molecular flexibility index (Phi) is 9.48. The van der Waals surface area contributed by atoms with E-state index in [2.05, 4.69) is 6.92 Å². The number of ketones is 1. The molecule has 0 saturated heterocycles. The Labute approximate surface area is 145 Å². The summed E-state index contributed by atoms with van der Waals surface area (Å²) in [6.07, 6.45) is 2.97. The first-order valence-corrected chi connectivity index (χ1v) is 8.94. The molecule has 0 heterocycles. The molecule has 0 aromatic rings. The lowest BCUT2D eigenvalue weighted by atomic mass is 10.0. The first-order valence-electron chi connectivity index (χ1n) is 8.94. The van der Waals surface area contributed by atoms with Crippen molar-refractivity contribution in [2.45, 2.75) is 40.0 Å². The third-order valence-corrected chi connectivity index (χ3v) is 4.53. The molecule has 6 nitrogen and oxygen atoms in total. The molecule has 0 aromatic heterocycles. The van der Waals surface area contributed by atoms with E-state index in [1.807, 2.05) is 20.9 Å². The smallest absolute Gasteiger partial charge is 0.228 e. The number of Topliss-reactive ketones (excluding diaryl/α,β-unsaturated/α-hetero) is 1. The van der Waals surface area contributed by atoms with Crippen LogP contribution in [-0.2, 0) is 23.8 Å². The fourth-order valence-corrected chi connectivity index (χ4v) is 2.36. The highest BCUT2D eigenvalue weighted by molar-refractivity contribution is 5.85. The van der Waals surface area contributed by atoms with Crippen LogP contribution in [0.1, 0.15) is 40.0 Å². The number of likely N-dealkylation sites (N-methyl/N-ethyl adjacent to an activating group) is 1. The zero-order chi connectivity index (χ0) is 18.0. The highest BCUT2D eigenvalue weighted by Crippen LogP contribution is 2.49. The van der Waals surface area contributed by atoms with E-state index in [1.165, 1.54) is 0 Å². The van der Waals surface area contributed by atoms with Crippen LogP contribution in [0, 0.1) is 11.3 Å². The Bertz CT molecular complexity index is 393.